The molecule has 5 aromatic rings. The van der Waals surface area contributed by atoms with Crippen LogP contribution in [0.3, 0.4) is 0 Å². The van der Waals surface area contributed by atoms with E-state index in [1.165, 1.54) is 51.3 Å². The van der Waals surface area contributed by atoms with Crippen molar-refractivity contribution in [2.24, 2.45) is 0 Å². The van der Waals surface area contributed by atoms with E-state index in [1.807, 2.05) is 6.07 Å². The molecule has 0 radical (unpaired) electrons. The van der Waals surface area contributed by atoms with Crippen LogP contribution in [0.25, 0.3) is 21.5 Å². The van der Waals surface area contributed by atoms with E-state index in [-0.39, 0.29) is 32.2 Å². The summed E-state index contributed by atoms with van der Waals surface area (Å²) in [6.07, 6.45) is 0. The molecule has 0 spiro atoms. The molecule has 0 aliphatic heterocycles. The minimum Gasteiger partial charge on any atom is -0.168 e. The van der Waals surface area contributed by atoms with Gasteiger partial charge >= 0.3 is 63.8 Å². The van der Waals surface area contributed by atoms with Gasteiger partial charge in [-0.15, -0.1) is 84.1 Å². The Kier molecular flexibility index (Phi) is 14.2. The summed E-state index contributed by atoms with van der Waals surface area (Å²) in [5, 5.41) is 5.32. The predicted molar refractivity (Wildman–Crippen MR) is 132 cm³/mol. The molecule has 0 nitrogen and oxygen atoms in total. The maximum atomic E-state index is 2.17. The van der Waals surface area contributed by atoms with E-state index in [0.29, 0.717) is 0 Å². The molecule has 5 aromatic carbocycles. The Hall–Kier alpha value is -1.79. The molecule has 0 heterocycles. The van der Waals surface area contributed by atoms with Crippen LogP contribution in [0.5, 0.6) is 0 Å². The maximum Gasteiger partial charge on any atom is -0.0809 e. The summed E-state index contributed by atoms with van der Waals surface area (Å²) in [7, 11) is 0. The molecule has 3 heteroatoms. The van der Waals surface area contributed by atoms with Crippen molar-refractivity contribution in [2.75, 3.05) is 0 Å². The van der Waals surface area contributed by atoms with Gasteiger partial charge in [-0.05, 0) is 0 Å². The van der Waals surface area contributed by atoms with E-state index in [9.17, 15) is 0 Å². The van der Waals surface area contributed by atoms with Gasteiger partial charge in [-0.2, -0.15) is 35.0 Å². The van der Waals surface area contributed by atoms with Gasteiger partial charge in [0.15, 0.2) is 0 Å². The number of benzene rings is 3. The molecule has 0 saturated carbocycles. The van der Waals surface area contributed by atoms with E-state index in [4.69, 9.17) is 0 Å². The monoisotopic (exact) mass is 497 g/mol. The Labute approximate surface area is 201 Å². The van der Waals surface area contributed by atoms with Crippen LogP contribution in [0.15, 0.2) is 115 Å². The standard InChI is InChI=1S/2C9H7.C7H6.CH3.2ClH.Zr/c2*1-2-5-9-7-3-6-8(9)4-1;1-7-5-3-2-4-6-7;;;;/h2*1-7H;1-6H;1H3;2*1H;/q2*-1;;-1;;;. The van der Waals surface area contributed by atoms with Gasteiger partial charge in [0.05, 0.1) is 0 Å². The van der Waals surface area contributed by atoms with E-state index in [2.05, 4.69) is 113 Å². The molecule has 0 fully saturated rings. The molecule has 0 aliphatic rings. The third-order valence-corrected chi connectivity index (χ3v) is 4.88. The summed E-state index contributed by atoms with van der Waals surface area (Å²) >= 11 is 1.46. The van der Waals surface area contributed by atoms with E-state index in [1.54, 1.807) is 0 Å². The van der Waals surface area contributed by atoms with Crippen LogP contribution in [0.1, 0.15) is 5.56 Å². The van der Waals surface area contributed by atoms with Gasteiger partial charge in [0.1, 0.15) is 0 Å². The van der Waals surface area contributed by atoms with Gasteiger partial charge < -0.3 is 7.43 Å². The molecular formula is C26H25Cl2Zr-3. The van der Waals surface area contributed by atoms with Crippen molar-refractivity contribution >= 4 is 50.1 Å². The molecule has 0 bridgehead atoms. The van der Waals surface area contributed by atoms with Crippen LogP contribution in [0, 0.1) is 7.43 Å². The van der Waals surface area contributed by atoms with Crippen molar-refractivity contribution in [3.8, 4) is 0 Å². The van der Waals surface area contributed by atoms with Crippen LogP contribution < -0.4 is 0 Å². The van der Waals surface area contributed by atoms with Crippen LogP contribution in [-0.4, -0.2) is 3.71 Å². The number of hydrogen-bond acceptors (Lipinski definition) is 0. The third-order valence-electron chi connectivity index (χ3n) is 4.06. The Balaban J connectivity index is 0.000000387. The molecule has 0 atom stereocenters. The smallest absolute Gasteiger partial charge is 0.0809 e. The zero-order valence-corrected chi connectivity index (χ0v) is 20.5. The molecule has 0 aromatic heterocycles. The van der Waals surface area contributed by atoms with Gasteiger partial charge in [-0.1, -0.05) is 12.1 Å². The Morgan fingerprint density at radius 3 is 1.34 bits per heavy atom. The molecule has 0 aliphatic carbocycles. The summed E-state index contributed by atoms with van der Waals surface area (Å²) in [6, 6.07) is 39.7. The Morgan fingerprint density at radius 2 is 0.966 bits per heavy atom. The van der Waals surface area contributed by atoms with Gasteiger partial charge in [0.25, 0.3) is 0 Å². The summed E-state index contributed by atoms with van der Waals surface area (Å²) in [5.74, 6) is 0. The first-order valence-corrected chi connectivity index (χ1v) is 10.0. The van der Waals surface area contributed by atoms with E-state index >= 15 is 0 Å². The second-order valence-electron chi connectivity index (χ2n) is 5.86. The Bertz CT molecular complexity index is 935. The number of halogens is 2. The zero-order chi connectivity index (χ0) is 18.0. The van der Waals surface area contributed by atoms with Crippen molar-refractivity contribution in [3.05, 3.63) is 128 Å². The van der Waals surface area contributed by atoms with Crippen LogP contribution in [-0.2, 0) is 24.2 Å². The number of hydrogen-bond donors (Lipinski definition) is 0. The Morgan fingerprint density at radius 1 is 0.552 bits per heavy atom. The quantitative estimate of drug-likeness (QED) is 0.207. The minimum atomic E-state index is 0. The molecule has 29 heavy (non-hydrogen) atoms. The molecular weight excluding hydrogens is 474 g/mol. The fourth-order valence-corrected chi connectivity index (χ4v) is 3.16. The first-order valence-electron chi connectivity index (χ1n) is 8.63. The van der Waals surface area contributed by atoms with Crippen LogP contribution >= 0.6 is 24.8 Å². The summed E-state index contributed by atoms with van der Waals surface area (Å²) in [4.78, 5) is 0. The van der Waals surface area contributed by atoms with Crippen molar-refractivity contribution in [3.63, 3.8) is 0 Å². The number of rotatable bonds is 1. The van der Waals surface area contributed by atoms with Crippen molar-refractivity contribution in [1.82, 2.24) is 0 Å². The topological polar surface area (TPSA) is 0 Å². The average molecular weight is 500 g/mol. The average Bonchev–Trinajstić information content (AvgIpc) is 3.38. The van der Waals surface area contributed by atoms with Crippen molar-refractivity contribution in [2.45, 2.75) is 0 Å². The zero-order valence-electron chi connectivity index (χ0n) is 16.4. The van der Waals surface area contributed by atoms with Crippen molar-refractivity contribution in [1.29, 1.82) is 0 Å². The second-order valence-corrected chi connectivity index (χ2v) is 6.57. The first-order chi connectivity index (χ1) is 12.9. The van der Waals surface area contributed by atoms with Gasteiger partial charge in [0, 0.05) is 0 Å². The number of fused-ring (bicyclic) bond motifs is 2. The van der Waals surface area contributed by atoms with Gasteiger partial charge in [-0.3, -0.25) is 0 Å². The second kappa shape index (κ2) is 15.1. The fraction of sp³-hybridized carbons (Fsp3) is 0. The predicted octanol–water partition coefficient (Wildman–Crippen LogP) is 7.79. The molecule has 0 unspecified atom stereocenters. The van der Waals surface area contributed by atoms with Gasteiger partial charge in [0.2, 0.25) is 0 Å². The van der Waals surface area contributed by atoms with Crippen LogP contribution in [0.4, 0.5) is 0 Å². The molecule has 5 rings (SSSR count). The summed E-state index contributed by atoms with van der Waals surface area (Å²) in [5.41, 5.74) is 1.32. The van der Waals surface area contributed by atoms with Crippen molar-refractivity contribution < 1.29 is 24.2 Å². The first kappa shape index (κ1) is 27.2. The van der Waals surface area contributed by atoms with E-state index < -0.39 is 0 Å². The summed E-state index contributed by atoms with van der Waals surface area (Å²) in [6.45, 7) is 0. The molecule has 0 amide bonds. The fourth-order valence-electron chi connectivity index (χ4n) is 2.69. The molecule has 0 saturated heterocycles. The normalized spacial score (nSPS) is 8.66. The molecule has 0 N–H and O–H groups in total. The maximum absolute atomic E-state index is 2.17. The SMILES string of the molecule is Cl.Cl.[CH3-].[Zr]=[CH]c1ccccc1.c1ccc2[cH-]ccc2c1.c1ccc2[cH-]ccc2c1. The van der Waals surface area contributed by atoms with Gasteiger partial charge in [-0.25, -0.2) is 0 Å². The largest absolute Gasteiger partial charge is 0.168 e. The van der Waals surface area contributed by atoms with Crippen LogP contribution in [0.2, 0.25) is 0 Å². The molecule has 150 valence electrons. The minimum absolute atomic E-state index is 0. The third kappa shape index (κ3) is 8.62. The van der Waals surface area contributed by atoms with E-state index in [0.717, 1.165) is 0 Å². The summed E-state index contributed by atoms with van der Waals surface area (Å²) < 4.78 is 2.17.